The van der Waals surface area contributed by atoms with Crippen molar-refractivity contribution in [1.29, 1.82) is 0 Å². The van der Waals surface area contributed by atoms with Gasteiger partial charge in [0.15, 0.2) is 16.6 Å². The van der Waals surface area contributed by atoms with Gasteiger partial charge >= 0.3 is 5.69 Å². The average molecular weight is 416 g/mol. The van der Waals surface area contributed by atoms with Crippen molar-refractivity contribution in [2.24, 2.45) is 0 Å². The topological polar surface area (TPSA) is 146 Å². The van der Waals surface area contributed by atoms with Gasteiger partial charge in [-0.25, -0.2) is 0 Å². The van der Waals surface area contributed by atoms with E-state index in [0.29, 0.717) is 5.56 Å². The molecule has 0 spiro atoms. The molecule has 3 rings (SSSR count). The number of nitro groups is 2. The van der Waals surface area contributed by atoms with Gasteiger partial charge < -0.3 is 14.8 Å². The molecule has 1 aliphatic rings. The molecule has 11 nitrogen and oxygen atoms in total. The number of thiocarbonyl (C=S) groups is 1. The number of non-ortho nitro benzene ring substituents is 1. The van der Waals surface area contributed by atoms with Gasteiger partial charge in [0, 0.05) is 6.07 Å². The number of rotatable bonds is 6. The van der Waals surface area contributed by atoms with Gasteiger partial charge in [0.25, 0.3) is 11.6 Å². The molecule has 29 heavy (non-hydrogen) atoms. The number of amides is 1. The Morgan fingerprint density at radius 1 is 1.00 bits per heavy atom. The number of hydrogen-bond acceptors (Lipinski definition) is 8. The number of nitrogens with one attached hydrogen (secondary N) is 2. The zero-order valence-corrected chi connectivity index (χ0v) is 15.5. The molecule has 0 aliphatic carbocycles. The lowest BCUT2D eigenvalue weighted by Crippen LogP contribution is -2.21. The van der Waals surface area contributed by atoms with Crippen LogP contribution in [0.25, 0.3) is 6.08 Å². The van der Waals surface area contributed by atoms with Crippen LogP contribution in [0.4, 0.5) is 11.4 Å². The van der Waals surface area contributed by atoms with E-state index in [1.165, 1.54) is 19.3 Å². The van der Waals surface area contributed by atoms with Crippen LogP contribution in [0.3, 0.4) is 0 Å². The van der Waals surface area contributed by atoms with Crippen molar-refractivity contribution in [3.63, 3.8) is 0 Å². The molecule has 1 aliphatic heterocycles. The van der Waals surface area contributed by atoms with Crippen molar-refractivity contribution in [1.82, 2.24) is 10.6 Å². The smallest absolute Gasteiger partial charge is 0.318 e. The molecule has 0 saturated carbocycles. The van der Waals surface area contributed by atoms with Gasteiger partial charge in [0.1, 0.15) is 5.70 Å². The molecular weight excluding hydrogens is 404 g/mol. The average Bonchev–Trinajstić information content (AvgIpc) is 2.99. The molecule has 2 aromatic rings. The molecule has 0 atom stereocenters. The van der Waals surface area contributed by atoms with Crippen LogP contribution >= 0.6 is 12.2 Å². The van der Waals surface area contributed by atoms with Gasteiger partial charge in [0.05, 0.1) is 23.0 Å². The summed E-state index contributed by atoms with van der Waals surface area (Å²) in [7, 11) is 1.37. The third-order valence-electron chi connectivity index (χ3n) is 3.79. The zero-order valence-electron chi connectivity index (χ0n) is 14.7. The molecule has 2 aromatic carbocycles. The van der Waals surface area contributed by atoms with Crippen LogP contribution < -0.4 is 20.1 Å². The van der Waals surface area contributed by atoms with Gasteiger partial charge in [-0.2, -0.15) is 0 Å². The van der Waals surface area contributed by atoms with Crippen molar-refractivity contribution in [2.75, 3.05) is 7.11 Å². The first-order valence-electron chi connectivity index (χ1n) is 7.91. The Kier molecular flexibility index (Phi) is 5.36. The maximum atomic E-state index is 11.7. The molecule has 148 valence electrons. The number of benzene rings is 2. The zero-order chi connectivity index (χ0) is 21.1. The first-order valence-corrected chi connectivity index (χ1v) is 8.32. The van der Waals surface area contributed by atoms with E-state index in [9.17, 15) is 25.0 Å². The van der Waals surface area contributed by atoms with E-state index in [1.54, 1.807) is 12.1 Å². The van der Waals surface area contributed by atoms with Crippen LogP contribution in [-0.2, 0) is 4.79 Å². The van der Waals surface area contributed by atoms with Crippen LogP contribution in [0.1, 0.15) is 5.56 Å². The van der Waals surface area contributed by atoms with Crippen LogP contribution in [0.15, 0.2) is 42.1 Å². The summed E-state index contributed by atoms with van der Waals surface area (Å²) in [5.41, 5.74) is -0.169. The number of ether oxygens (including phenoxy) is 2. The van der Waals surface area contributed by atoms with Crippen molar-refractivity contribution in [3.05, 3.63) is 67.9 Å². The van der Waals surface area contributed by atoms with Crippen molar-refractivity contribution in [2.45, 2.75) is 0 Å². The Bertz CT molecular complexity index is 1080. The normalized spacial score (nSPS) is 14.3. The molecule has 1 saturated heterocycles. The summed E-state index contributed by atoms with van der Waals surface area (Å²) in [6, 6.07) is 7.68. The minimum absolute atomic E-state index is 0.144. The van der Waals surface area contributed by atoms with E-state index in [0.717, 1.165) is 18.2 Å². The number of methoxy groups -OCH3 is 1. The van der Waals surface area contributed by atoms with E-state index in [-0.39, 0.29) is 34.0 Å². The van der Waals surface area contributed by atoms with Gasteiger partial charge in [-0.05, 0) is 42.1 Å². The van der Waals surface area contributed by atoms with Gasteiger partial charge in [-0.3, -0.25) is 30.3 Å². The second kappa shape index (κ2) is 7.90. The van der Waals surface area contributed by atoms with E-state index in [1.807, 2.05) is 0 Å². The highest BCUT2D eigenvalue weighted by Gasteiger charge is 2.23. The molecule has 0 bridgehead atoms. The molecule has 0 unspecified atom stereocenters. The molecule has 0 aromatic heterocycles. The predicted octanol–water partition coefficient (Wildman–Crippen LogP) is 2.65. The molecular formula is C17H12N4O7S. The number of nitrogens with zero attached hydrogens (tertiary/aromatic N) is 2. The summed E-state index contributed by atoms with van der Waals surface area (Å²) < 4.78 is 10.8. The number of hydrogen-bond donors (Lipinski definition) is 2. The molecule has 1 fully saturated rings. The van der Waals surface area contributed by atoms with E-state index in [4.69, 9.17) is 21.7 Å². The molecule has 2 N–H and O–H groups in total. The highest BCUT2D eigenvalue weighted by Crippen LogP contribution is 2.38. The summed E-state index contributed by atoms with van der Waals surface area (Å²) in [6.07, 6.45) is 1.54. The Hall–Kier alpha value is -4.06. The maximum absolute atomic E-state index is 11.7. The highest BCUT2D eigenvalue weighted by atomic mass is 32.1. The Morgan fingerprint density at radius 2 is 1.72 bits per heavy atom. The highest BCUT2D eigenvalue weighted by molar-refractivity contribution is 7.80. The van der Waals surface area contributed by atoms with Gasteiger partial charge in [-0.1, -0.05) is 6.07 Å². The molecule has 0 radical (unpaired) electrons. The fourth-order valence-electron chi connectivity index (χ4n) is 2.47. The van der Waals surface area contributed by atoms with E-state index in [2.05, 4.69) is 10.6 Å². The quantitative estimate of drug-likeness (QED) is 0.314. The van der Waals surface area contributed by atoms with Crippen molar-refractivity contribution >= 4 is 40.7 Å². The van der Waals surface area contributed by atoms with Crippen LogP contribution in [0.5, 0.6) is 17.2 Å². The lowest BCUT2D eigenvalue weighted by atomic mass is 10.1. The summed E-state index contributed by atoms with van der Waals surface area (Å²) in [5, 5.41) is 27.4. The number of nitro benzene ring substituents is 2. The van der Waals surface area contributed by atoms with Gasteiger partial charge in [0.2, 0.25) is 5.75 Å². The first-order chi connectivity index (χ1) is 13.8. The summed E-state index contributed by atoms with van der Waals surface area (Å²) >= 11 is 4.86. The van der Waals surface area contributed by atoms with Crippen LogP contribution in [0.2, 0.25) is 0 Å². The third kappa shape index (κ3) is 4.27. The monoisotopic (exact) mass is 416 g/mol. The lowest BCUT2D eigenvalue weighted by molar-refractivity contribution is -0.394. The number of carbonyl (C=O) groups excluding carboxylic acids is 1. The van der Waals surface area contributed by atoms with Crippen LogP contribution in [-0.4, -0.2) is 28.0 Å². The fraction of sp³-hybridized carbons (Fsp3) is 0.0588. The Labute approximate surface area is 168 Å². The third-order valence-corrected chi connectivity index (χ3v) is 3.99. The Balaban J connectivity index is 1.93. The number of carbonyl (C=O) groups is 1. The van der Waals surface area contributed by atoms with E-state index < -0.39 is 21.2 Å². The first kappa shape index (κ1) is 19.7. The minimum atomic E-state index is -0.777. The van der Waals surface area contributed by atoms with Gasteiger partial charge in [-0.15, -0.1) is 0 Å². The van der Waals surface area contributed by atoms with E-state index >= 15 is 0 Å². The minimum Gasteiger partial charge on any atom is -0.493 e. The second-order valence-corrected chi connectivity index (χ2v) is 6.05. The predicted molar refractivity (Wildman–Crippen MR) is 105 cm³/mol. The molecule has 12 heteroatoms. The fourth-order valence-corrected chi connectivity index (χ4v) is 2.68. The summed E-state index contributed by atoms with van der Waals surface area (Å²) in [5.74, 6) is -0.193. The maximum Gasteiger partial charge on any atom is 0.318 e. The van der Waals surface area contributed by atoms with Crippen LogP contribution in [0, 0.1) is 20.2 Å². The molecule has 1 heterocycles. The standard InChI is InChI=1S/C17H12N4O7S/c1-27-15-7-9(6-11-16(22)19-17(29)18-11)2-4-14(15)28-13-5-3-10(20(23)24)8-12(13)21(25)26/h2-8H,1H3,(H2,18,19,22,29)/b11-6-. The Morgan fingerprint density at radius 3 is 2.31 bits per heavy atom. The molecule has 1 amide bonds. The SMILES string of the molecule is COc1cc(/C=C2\NC(=S)NC2=O)ccc1Oc1ccc([N+](=O)[O-])cc1[N+](=O)[O-]. The second-order valence-electron chi connectivity index (χ2n) is 5.64. The lowest BCUT2D eigenvalue weighted by Gasteiger charge is -2.11. The van der Waals surface area contributed by atoms with Crippen molar-refractivity contribution < 1.29 is 24.1 Å². The van der Waals surface area contributed by atoms with Crippen molar-refractivity contribution in [3.8, 4) is 17.2 Å². The largest absolute Gasteiger partial charge is 0.493 e. The summed E-state index contributed by atoms with van der Waals surface area (Å²) in [4.78, 5) is 32.3. The summed E-state index contributed by atoms with van der Waals surface area (Å²) in [6.45, 7) is 0.